The van der Waals surface area contributed by atoms with Crippen LogP contribution in [0.3, 0.4) is 0 Å². The molecule has 0 radical (unpaired) electrons. The molecule has 0 aliphatic rings. The Kier molecular flexibility index (Phi) is 6.61. The van der Waals surface area contributed by atoms with E-state index >= 15 is 0 Å². The third-order valence-electron chi connectivity index (χ3n) is 4.02. The highest BCUT2D eigenvalue weighted by Gasteiger charge is 2.18. The number of hydrogen-bond acceptors (Lipinski definition) is 8. The molecule has 11 heteroatoms. The van der Waals surface area contributed by atoms with Gasteiger partial charge in [0.25, 0.3) is 0 Å². The van der Waals surface area contributed by atoms with E-state index in [9.17, 15) is 13.2 Å². The van der Waals surface area contributed by atoms with Crippen molar-refractivity contribution in [3.8, 4) is 22.1 Å². The number of benzene rings is 2. The Balaban J connectivity index is 1.78. The quantitative estimate of drug-likeness (QED) is 0.527. The van der Waals surface area contributed by atoms with Crippen LogP contribution in [0.4, 0.5) is 0 Å². The molecule has 0 spiro atoms. The van der Waals surface area contributed by atoms with Crippen LogP contribution in [0.1, 0.15) is 16.1 Å². The molecular weight excluding hydrogens is 452 g/mol. The maximum absolute atomic E-state index is 12.4. The standard InChI is InChI=1S/C19H17ClN2O6S2/c1-26-16-5-3-4-13(17(16)27-2)18-22-11(10-29-18)9-28-19(23)14-8-12(30(21,24)25)6-7-15(14)20/h3-8,10H,9H2,1-2H3,(H2,21,24,25). The number of carbonyl (C=O) groups excluding carboxylic acids is 1. The van der Waals surface area contributed by atoms with Crippen LogP contribution in [0.2, 0.25) is 5.02 Å². The number of nitrogens with two attached hydrogens (primary N) is 1. The van der Waals surface area contributed by atoms with Gasteiger partial charge in [0.1, 0.15) is 11.6 Å². The number of halogens is 1. The van der Waals surface area contributed by atoms with E-state index in [4.69, 9.17) is 31.0 Å². The van der Waals surface area contributed by atoms with Crippen LogP contribution in [0.5, 0.6) is 11.5 Å². The van der Waals surface area contributed by atoms with E-state index in [1.807, 2.05) is 12.1 Å². The number of esters is 1. The zero-order chi connectivity index (χ0) is 21.9. The first-order valence-corrected chi connectivity index (χ1v) is 11.2. The van der Waals surface area contributed by atoms with Crippen molar-refractivity contribution in [1.29, 1.82) is 0 Å². The third-order valence-corrected chi connectivity index (χ3v) is 6.19. The van der Waals surface area contributed by atoms with Gasteiger partial charge in [-0.3, -0.25) is 0 Å². The number of ether oxygens (including phenoxy) is 3. The number of sulfonamides is 1. The fraction of sp³-hybridized carbons (Fsp3) is 0.158. The number of primary sulfonamides is 1. The second-order valence-electron chi connectivity index (χ2n) is 5.95. The summed E-state index contributed by atoms with van der Waals surface area (Å²) in [6.07, 6.45) is 0. The minimum Gasteiger partial charge on any atom is -0.493 e. The Morgan fingerprint density at radius 2 is 1.97 bits per heavy atom. The molecule has 2 N–H and O–H groups in total. The first kappa shape index (κ1) is 22.0. The number of thiazole rings is 1. The number of rotatable bonds is 7. The van der Waals surface area contributed by atoms with Crippen molar-refractivity contribution in [2.75, 3.05) is 14.2 Å². The SMILES string of the molecule is COc1cccc(-c2nc(COC(=O)c3cc(S(N)(=O)=O)ccc3Cl)cs2)c1OC. The van der Waals surface area contributed by atoms with E-state index in [0.29, 0.717) is 22.2 Å². The van der Waals surface area contributed by atoms with E-state index in [1.165, 1.54) is 30.6 Å². The molecule has 0 aliphatic carbocycles. The molecule has 0 fully saturated rings. The van der Waals surface area contributed by atoms with Crippen molar-refractivity contribution in [3.05, 3.63) is 58.1 Å². The first-order valence-electron chi connectivity index (χ1n) is 8.40. The normalized spacial score (nSPS) is 11.2. The molecule has 158 valence electrons. The van der Waals surface area contributed by atoms with Crippen LogP contribution < -0.4 is 14.6 Å². The minimum atomic E-state index is -3.98. The first-order chi connectivity index (χ1) is 14.2. The lowest BCUT2D eigenvalue weighted by Crippen LogP contribution is -2.14. The average Bonchev–Trinajstić information content (AvgIpc) is 3.19. The lowest BCUT2D eigenvalue weighted by atomic mass is 10.2. The number of carbonyl (C=O) groups is 1. The summed E-state index contributed by atoms with van der Waals surface area (Å²) >= 11 is 7.34. The van der Waals surface area contributed by atoms with Crippen molar-refractivity contribution in [3.63, 3.8) is 0 Å². The van der Waals surface area contributed by atoms with Gasteiger partial charge in [0.15, 0.2) is 11.5 Å². The molecule has 0 amide bonds. The topological polar surface area (TPSA) is 118 Å². The van der Waals surface area contributed by atoms with Gasteiger partial charge in [0, 0.05) is 5.38 Å². The molecule has 0 atom stereocenters. The highest BCUT2D eigenvalue weighted by atomic mass is 35.5. The average molecular weight is 469 g/mol. The Morgan fingerprint density at radius 3 is 2.63 bits per heavy atom. The molecule has 1 aromatic heterocycles. The van der Waals surface area contributed by atoms with Crippen molar-refractivity contribution < 1.29 is 27.4 Å². The molecule has 3 aromatic rings. The Morgan fingerprint density at radius 1 is 1.20 bits per heavy atom. The van der Waals surface area contributed by atoms with E-state index in [-0.39, 0.29) is 22.1 Å². The fourth-order valence-electron chi connectivity index (χ4n) is 2.61. The summed E-state index contributed by atoms with van der Waals surface area (Å²) in [5, 5.41) is 7.54. The summed E-state index contributed by atoms with van der Waals surface area (Å²) in [5.41, 5.74) is 1.14. The van der Waals surface area contributed by atoms with Crippen LogP contribution in [0.15, 0.2) is 46.7 Å². The Hall–Kier alpha value is -2.66. The predicted molar refractivity (Wildman–Crippen MR) is 113 cm³/mol. The lowest BCUT2D eigenvalue weighted by Gasteiger charge is -2.10. The zero-order valence-electron chi connectivity index (χ0n) is 15.9. The van der Waals surface area contributed by atoms with Crippen LogP contribution in [-0.2, 0) is 21.4 Å². The zero-order valence-corrected chi connectivity index (χ0v) is 18.3. The molecule has 3 rings (SSSR count). The number of nitrogens with zero attached hydrogens (tertiary/aromatic N) is 1. The maximum Gasteiger partial charge on any atom is 0.340 e. The summed E-state index contributed by atoms with van der Waals surface area (Å²) in [4.78, 5) is 16.6. The number of para-hydroxylation sites is 1. The molecule has 0 saturated heterocycles. The van der Waals surface area contributed by atoms with Gasteiger partial charge in [0.05, 0.1) is 41.0 Å². The van der Waals surface area contributed by atoms with Crippen LogP contribution in [0.25, 0.3) is 10.6 Å². The van der Waals surface area contributed by atoms with Gasteiger partial charge in [0.2, 0.25) is 10.0 Å². The summed E-state index contributed by atoms with van der Waals surface area (Å²) in [5.74, 6) is 0.325. The summed E-state index contributed by atoms with van der Waals surface area (Å²) < 4.78 is 38.9. The van der Waals surface area contributed by atoms with Gasteiger partial charge in [-0.2, -0.15) is 0 Å². The number of aromatic nitrogens is 1. The second-order valence-corrected chi connectivity index (χ2v) is 8.77. The van der Waals surface area contributed by atoms with E-state index in [0.717, 1.165) is 11.6 Å². The molecule has 30 heavy (non-hydrogen) atoms. The van der Waals surface area contributed by atoms with Crippen molar-refractivity contribution in [2.24, 2.45) is 5.14 Å². The maximum atomic E-state index is 12.4. The predicted octanol–water partition coefficient (Wildman–Crippen LogP) is 3.49. The summed E-state index contributed by atoms with van der Waals surface area (Å²) in [6.45, 7) is -0.127. The van der Waals surface area contributed by atoms with E-state index in [2.05, 4.69) is 4.98 Å². The van der Waals surface area contributed by atoms with Crippen molar-refractivity contribution in [1.82, 2.24) is 4.98 Å². The van der Waals surface area contributed by atoms with E-state index < -0.39 is 16.0 Å². The van der Waals surface area contributed by atoms with Crippen molar-refractivity contribution in [2.45, 2.75) is 11.5 Å². The lowest BCUT2D eigenvalue weighted by molar-refractivity contribution is 0.0468. The highest BCUT2D eigenvalue weighted by molar-refractivity contribution is 7.89. The second kappa shape index (κ2) is 9.00. The monoisotopic (exact) mass is 468 g/mol. The van der Waals surface area contributed by atoms with Gasteiger partial charge in [-0.25, -0.2) is 23.3 Å². The van der Waals surface area contributed by atoms with Gasteiger partial charge in [-0.15, -0.1) is 11.3 Å². The molecule has 8 nitrogen and oxygen atoms in total. The summed E-state index contributed by atoms with van der Waals surface area (Å²) in [7, 11) is -0.897. The van der Waals surface area contributed by atoms with Crippen LogP contribution in [0, 0.1) is 0 Å². The minimum absolute atomic E-state index is 0.0486. The van der Waals surface area contributed by atoms with Gasteiger partial charge < -0.3 is 14.2 Å². The van der Waals surface area contributed by atoms with E-state index in [1.54, 1.807) is 18.6 Å². The molecule has 0 aliphatic heterocycles. The van der Waals surface area contributed by atoms with Crippen LogP contribution >= 0.6 is 22.9 Å². The highest BCUT2D eigenvalue weighted by Crippen LogP contribution is 2.39. The van der Waals surface area contributed by atoms with Gasteiger partial charge in [-0.1, -0.05) is 17.7 Å². The molecule has 0 saturated carbocycles. The third kappa shape index (κ3) is 4.73. The van der Waals surface area contributed by atoms with Gasteiger partial charge in [-0.05, 0) is 30.3 Å². The van der Waals surface area contributed by atoms with Gasteiger partial charge >= 0.3 is 5.97 Å². The Labute approximate surface area is 182 Å². The number of hydrogen-bond donors (Lipinski definition) is 1. The fourth-order valence-corrected chi connectivity index (χ4v) is 4.17. The molecule has 0 bridgehead atoms. The molecular formula is C19H17ClN2O6S2. The Bertz CT molecular complexity index is 1190. The molecule has 1 heterocycles. The molecule has 2 aromatic carbocycles. The van der Waals surface area contributed by atoms with Crippen molar-refractivity contribution >= 4 is 38.9 Å². The molecule has 0 unspecified atom stereocenters. The summed E-state index contributed by atoms with van der Waals surface area (Å²) in [6, 6.07) is 9.00. The smallest absolute Gasteiger partial charge is 0.340 e. The van der Waals surface area contributed by atoms with Crippen LogP contribution in [-0.4, -0.2) is 33.6 Å². The largest absolute Gasteiger partial charge is 0.493 e. The number of methoxy groups -OCH3 is 2.